The highest BCUT2D eigenvalue weighted by atomic mass is 16.5. The zero-order chi connectivity index (χ0) is 27.6. The number of hydrogen-bond acceptors (Lipinski definition) is 9. The van der Waals surface area contributed by atoms with Crippen LogP contribution in [0.2, 0.25) is 0 Å². The number of carboxylic acid groups (broad SMARTS) is 1. The first-order valence-electron chi connectivity index (χ1n) is 12.6. The molecule has 0 atom stereocenters. The smallest absolute Gasteiger partial charge is 0.303 e. The van der Waals surface area contributed by atoms with Crippen LogP contribution in [0, 0.1) is 0 Å². The minimum absolute atomic E-state index is 0.0365. The van der Waals surface area contributed by atoms with E-state index >= 15 is 0 Å². The molecule has 0 aromatic heterocycles. The summed E-state index contributed by atoms with van der Waals surface area (Å²) < 4.78 is 21.0. The average molecular weight is 534 g/mol. The van der Waals surface area contributed by atoms with Gasteiger partial charge in [0.15, 0.2) is 0 Å². The van der Waals surface area contributed by atoms with Gasteiger partial charge in [-0.25, -0.2) is 0 Å². The standard InChI is InChI=1S/C24H43N3O10/c1-20(28)6-3-2-4-9-25-22(30)18-36-16-15-35-13-11-27-23(31)19-37-17-14-34-12-10-26-21(29)7-5-8-24(32)33/h2-19H2,1H3,(H,25,30)(H,26,29)(H,27,31)(H,32,33). The predicted octanol–water partition coefficient (Wildman–Crippen LogP) is -0.194. The van der Waals surface area contributed by atoms with E-state index < -0.39 is 5.97 Å². The van der Waals surface area contributed by atoms with Crippen molar-refractivity contribution in [3.05, 3.63) is 0 Å². The lowest BCUT2D eigenvalue weighted by Crippen LogP contribution is -2.31. The van der Waals surface area contributed by atoms with Gasteiger partial charge in [-0.15, -0.1) is 0 Å². The summed E-state index contributed by atoms with van der Waals surface area (Å²) in [5.74, 6) is -1.44. The molecule has 13 nitrogen and oxygen atoms in total. The highest BCUT2D eigenvalue weighted by molar-refractivity contribution is 5.77. The van der Waals surface area contributed by atoms with Crippen LogP contribution in [0.4, 0.5) is 0 Å². The third-order valence-corrected chi connectivity index (χ3v) is 4.67. The lowest BCUT2D eigenvalue weighted by atomic mass is 10.1. The van der Waals surface area contributed by atoms with Crippen molar-refractivity contribution in [1.29, 1.82) is 0 Å². The zero-order valence-electron chi connectivity index (χ0n) is 21.8. The highest BCUT2D eigenvalue weighted by Crippen LogP contribution is 1.99. The number of unbranched alkanes of at least 4 members (excludes halogenated alkanes) is 2. The van der Waals surface area contributed by atoms with E-state index in [0.717, 1.165) is 19.3 Å². The van der Waals surface area contributed by atoms with E-state index in [-0.39, 0.29) is 76.0 Å². The van der Waals surface area contributed by atoms with Crippen molar-refractivity contribution in [2.45, 2.75) is 51.9 Å². The molecule has 0 aliphatic heterocycles. The summed E-state index contributed by atoms with van der Waals surface area (Å²) in [6.07, 6.45) is 3.56. The Morgan fingerprint density at radius 2 is 1.05 bits per heavy atom. The van der Waals surface area contributed by atoms with Crippen molar-refractivity contribution < 1.29 is 48.0 Å². The van der Waals surface area contributed by atoms with Crippen LogP contribution in [0.1, 0.15) is 51.9 Å². The molecule has 0 aliphatic carbocycles. The normalized spacial score (nSPS) is 10.6. The third-order valence-electron chi connectivity index (χ3n) is 4.67. The number of carboxylic acids is 1. The Hall–Kier alpha value is -2.61. The van der Waals surface area contributed by atoms with Crippen LogP contribution in [-0.4, -0.2) is 107 Å². The van der Waals surface area contributed by atoms with Gasteiger partial charge in [-0.3, -0.25) is 19.2 Å². The van der Waals surface area contributed by atoms with E-state index in [2.05, 4.69) is 16.0 Å². The fourth-order valence-corrected chi connectivity index (χ4v) is 2.79. The molecule has 214 valence electrons. The number of Topliss-reactive ketones (excluding diaryl/α,β-unsaturated/α-hetero) is 1. The Kier molecular flexibility index (Phi) is 23.3. The molecule has 0 aromatic rings. The number of carbonyl (C=O) groups is 5. The van der Waals surface area contributed by atoms with Gasteiger partial charge in [-0.1, -0.05) is 6.42 Å². The summed E-state index contributed by atoms with van der Waals surface area (Å²) >= 11 is 0. The van der Waals surface area contributed by atoms with Crippen molar-refractivity contribution in [2.75, 3.05) is 72.5 Å². The molecule has 0 unspecified atom stereocenters. The lowest BCUT2D eigenvalue weighted by molar-refractivity contribution is -0.137. The summed E-state index contributed by atoms with van der Waals surface area (Å²) in [5.41, 5.74) is 0. The van der Waals surface area contributed by atoms with Crippen LogP contribution in [0.25, 0.3) is 0 Å². The number of hydrogen-bond donors (Lipinski definition) is 4. The van der Waals surface area contributed by atoms with E-state index in [1.54, 1.807) is 6.92 Å². The summed E-state index contributed by atoms with van der Waals surface area (Å²) in [5, 5.41) is 16.5. The van der Waals surface area contributed by atoms with Gasteiger partial charge in [0, 0.05) is 38.9 Å². The average Bonchev–Trinajstić information content (AvgIpc) is 2.84. The van der Waals surface area contributed by atoms with Gasteiger partial charge in [0.05, 0.1) is 39.6 Å². The first-order chi connectivity index (χ1) is 17.8. The summed E-state index contributed by atoms with van der Waals surface area (Å²) in [4.78, 5) is 55.9. The van der Waals surface area contributed by atoms with Crippen LogP contribution in [0.15, 0.2) is 0 Å². The van der Waals surface area contributed by atoms with E-state index in [9.17, 15) is 24.0 Å². The first-order valence-corrected chi connectivity index (χ1v) is 12.6. The Labute approximate surface area is 218 Å². The van der Waals surface area contributed by atoms with Gasteiger partial charge in [0.25, 0.3) is 0 Å². The number of rotatable bonds is 26. The van der Waals surface area contributed by atoms with Crippen molar-refractivity contribution in [1.82, 2.24) is 16.0 Å². The SMILES string of the molecule is CC(=O)CCCCCNC(=O)COCCOCCNC(=O)COCCOCCNC(=O)CCCC(=O)O. The molecule has 0 spiro atoms. The molecule has 0 saturated carbocycles. The first kappa shape index (κ1) is 34.4. The molecule has 4 N–H and O–H groups in total. The summed E-state index contributed by atoms with van der Waals surface area (Å²) in [6.45, 7) is 4.24. The van der Waals surface area contributed by atoms with E-state index in [4.69, 9.17) is 24.1 Å². The molecule has 0 aliphatic rings. The highest BCUT2D eigenvalue weighted by Gasteiger charge is 2.04. The molecule has 0 bridgehead atoms. The monoisotopic (exact) mass is 533 g/mol. The number of nitrogens with one attached hydrogen (secondary N) is 3. The molecule has 0 fully saturated rings. The second kappa shape index (κ2) is 25.1. The van der Waals surface area contributed by atoms with Gasteiger partial charge in [-0.05, 0) is 26.2 Å². The van der Waals surface area contributed by atoms with Crippen molar-refractivity contribution in [3.63, 3.8) is 0 Å². The molecule has 0 aromatic carbocycles. The second-order valence-corrected chi connectivity index (χ2v) is 8.14. The molecule has 0 radical (unpaired) electrons. The van der Waals surface area contributed by atoms with E-state index in [0.29, 0.717) is 45.7 Å². The van der Waals surface area contributed by atoms with Gasteiger partial charge < -0.3 is 44.8 Å². The fourth-order valence-electron chi connectivity index (χ4n) is 2.79. The Bertz CT molecular complexity index is 661. The number of carbonyl (C=O) groups excluding carboxylic acids is 4. The Morgan fingerprint density at radius 3 is 1.59 bits per heavy atom. The number of amides is 3. The van der Waals surface area contributed by atoms with Crippen LogP contribution in [0.5, 0.6) is 0 Å². The molecule has 0 heterocycles. The van der Waals surface area contributed by atoms with E-state index in [1.807, 2.05) is 0 Å². The minimum atomic E-state index is -0.926. The topological polar surface area (TPSA) is 179 Å². The van der Waals surface area contributed by atoms with Gasteiger partial charge >= 0.3 is 5.97 Å². The van der Waals surface area contributed by atoms with E-state index in [1.165, 1.54) is 0 Å². The minimum Gasteiger partial charge on any atom is -0.481 e. The summed E-state index contributed by atoms with van der Waals surface area (Å²) in [7, 11) is 0. The molecule has 0 saturated heterocycles. The molecule has 3 amide bonds. The number of ether oxygens (including phenoxy) is 4. The van der Waals surface area contributed by atoms with Crippen molar-refractivity contribution >= 4 is 29.5 Å². The maximum absolute atomic E-state index is 11.7. The van der Waals surface area contributed by atoms with Crippen molar-refractivity contribution in [3.8, 4) is 0 Å². The zero-order valence-corrected chi connectivity index (χ0v) is 21.8. The number of ketones is 1. The number of aliphatic carboxylic acids is 1. The molecular formula is C24H43N3O10. The maximum Gasteiger partial charge on any atom is 0.303 e. The largest absolute Gasteiger partial charge is 0.481 e. The maximum atomic E-state index is 11.7. The fraction of sp³-hybridized carbons (Fsp3) is 0.792. The molecular weight excluding hydrogens is 490 g/mol. The van der Waals surface area contributed by atoms with Gasteiger partial charge in [-0.2, -0.15) is 0 Å². The molecule has 13 heteroatoms. The molecule has 0 rings (SSSR count). The Balaban J connectivity index is 3.35. The second-order valence-electron chi connectivity index (χ2n) is 8.14. The Morgan fingerprint density at radius 1 is 0.541 bits per heavy atom. The van der Waals surface area contributed by atoms with Gasteiger partial charge in [0.1, 0.15) is 19.0 Å². The molecule has 37 heavy (non-hydrogen) atoms. The summed E-state index contributed by atoms with van der Waals surface area (Å²) in [6, 6.07) is 0. The van der Waals surface area contributed by atoms with Gasteiger partial charge in [0.2, 0.25) is 17.7 Å². The van der Waals surface area contributed by atoms with Crippen LogP contribution >= 0.6 is 0 Å². The quantitative estimate of drug-likeness (QED) is 0.109. The third kappa shape index (κ3) is 27.8. The lowest BCUT2D eigenvalue weighted by Gasteiger charge is -2.09. The predicted molar refractivity (Wildman–Crippen MR) is 133 cm³/mol. The van der Waals surface area contributed by atoms with Crippen LogP contribution in [-0.2, 0) is 42.9 Å². The van der Waals surface area contributed by atoms with Crippen molar-refractivity contribution in [2.24, 2.45) is 0 Å². The van der Waals surface area contributed by atoms with Crippen LogP contribution in [0.3, 0.4) is 0 Å². The van der Waals surface area contributed by atoms with Crippen LogP contribution < -0.4 is 16.0 Å².